The molecule has 7 nitrogen and oxygen atoms in total. The third kappa shape index (κ3) is 2.51. The van der Waals surface area contributed by atoms with E-state index >= 15 is 0 Å². The quantitative estimate of drug-likeness (QED) is 0.495. The lowest BCUT2D eigenvalue weighted by Gasteiger charge is -2.37. The first-order valence-electron chi connectivity index (χ1n) is 10.5. The summed E-state index contributed by atoms with van der Waals surface area (Å²) in [6.45, 7) is 0.537. The summed E-state index contributed by atoms with van der Waals surface area (Å²) in [6.07, 6.45) is 2.08. The third-order valence-electron chi connectivity index (χ3n) is 7.35. The minimum atomic E-state index is -1.47. The van der Waals surface area contributed by atoms with Crippen molar-refractivity contribution in [2.45, 2.75) is 24.4 Å². The van der Waals surface area contributed by atoms with Gasteiger partial charge in [0.05, 0.1) is 23.2 Å². The van der Waals surface area contributed by atoms with E-state index in [9.17, 15) is 19.2 Å². The number of nitrogens with one attached hydrogen (secondary N) is 1. The van der Waals surface area contributed by atoms with Gasteiger partial charge in [0, 0.05) is 32.2 Å². The Kier molecular flexibility index (Phi) is 4.49. The number of hydrogen-bond donors (Lipinski definition) is 1. The van der Waals surface area contributed by atoms with Crippen molar-refractivity contribution in [3.8, 4) is 0 Å². The molecule has 4 heterocycles. The highest BCUT2D eigenvalue weighted by atomic mass is 35.5. The van der Waals surface area contributed by atoms with E-state index in [4.69, 9.17) is 34.8 Å². The van der Waals surface area contributed by atoms with E-state index in [1.165, 1.54) is 24.3 Å². The first-order chi connectivity index (χ1) is 15.8. The summed E-state index contributed by atoms with van der Waals surface area (Å²) in [5.74, 6) is -3.06. The van der Waals surface area contributed by atoms with Crippen molar-refractivity contribution in [1.82, 2.24) is 4.90 Å². The van der Waals surface area contributed by atoms with Crippen LogP contribution in [0.25, 0.3) is 0 Å². The number of aldehydes is 1. The van der Waals surface area contributed by atoms with Crippen LogP contribution in [0, 0.1) is 11.8 Å². The molecule has 1 spiro atoms. The van der Waals surface area contributed by atoms with Gasteiger partial charge in [-0.1, -0.05) is 34.8 Å². The molecule has 0 radical (unpaired) electrons. The number of hydrogen-bond acceptors (Lipinski definition) is 5. The first kappa shape index (κ1) is 21.1. The number of imide groups is 1. The van der Waals surface area contributed by atoms with Crippen LogP contribution in [0.5, 0.6) is 0 Å². The van der Waals surface area contributed by atoms with Crippen LogP contribution >= 0.6 is 34.8 Å². The molecule has 3 saturated heterocycles. The van der Waals surface area contributed by atoms with Crippen LogP contribution in [0.15, 0.2) is 30.3 Å². The minimum absolute atomic E-state index is 0.267. The Labute approximate surface area is 203 Å². The Balaban J connectivity index is 1.59. The normalized spacial score (nSPS) is 30.1. The second-order valence-corrected chi connectivity index (χ2v) is 10.1. The number of nitrogens with zero attached hydrogens (tertiary/aromatic N) is 2. The fourth-order valence-electron chi connectivity index (χ4n) is 6.32. The van der Waals surface area contributed by atoms with E-state index in [0.29, 0.717) is 30.5 Å². The summed E-state index contributed by atoms with van der Waals surface area (Å²) in [5.41, 5.74) is -0.234. The van der Waals surface area contributed by atoms with Crippen molar-refractivity contribution < 1.29 is 19.2 Å². The van der Waals surface area contributed by atoms with E-state index in [2.05, 4.69) is 5.32 Å². The zero-order valence-corrected chi connectivity index (χ0v) is 19.2. The molecule has 4 aliphatic rings. The molecule has 33 heavy (non-hydrogen) atoms. The summed E-state index contributed by atoms with van der Waals surface area (Å²) in [5, 5.41) is 3.65. The molecule has 2 aromatic rings. The number of fused-ring (bicyclic) bond motifs is 7. The fourth-order valence-corrected chi connectivity index (χ4v) is 7.13. The summed E-state index contributed by atoms with van der Waals surface area (Å²) >= 11 is 18.9. The van der Waals surface area contributed by atoms with Crippen LogP contribution in [0.4, 0.5) is 11.4 Å². The maximum Gasteiger partial charge on any atom is 0.250 e. The van der Waals surface area contributed by atoms with Crippen LogP contribution in [0.1, 0.15) is 28.8 Å². The topological polar surface area (TPSA) is 86.8 Å². The largest absolute Gasteiger partial charge is 0.323 e. The van der Waals surface area contributed by atoms with Crippen molar-refractivity contribution in [3.63, 3.8) is 0 Å². The molecule has 10 heteroatoms. The number of rotatable bonds is 2. The lowest BCUT2D eigenvalue weighted by molar-refractivity contribution is -0.135. The van der Waals surface area contributed by atoms with Gasteiger partial charge in [-0.05, 0) is 49.7 Å². The molecule has 4 unspecified atom stereocenters. The lowest BCUT2D eigenvalue weighted by Crippen LogP contribution is -2.54. The van der Waals surface area contributed by atoms with Gasteiger partial charge >= 0.3 is 0 Å². The second-order valence-electron chi connectivity index (χ2n) is 8.77. The van der Waals surface area contributed by atoms with Crippen molar-refractivity contribution in [1.29, 1.82) is 0 Å². The van der Waals surface area contributed by atoms with Crippen LogP contribution in [0.3, 0.4) is 0 Å². The summed E-state index contributed by atoms with van der Waals surface area (Å²) in [7, 11) is 0. The maximum absolute atomic E-state index is 13.9. The van der Waals surface area contributed by atoms with Crippen molar-refractivity contribution >= 4 is 70.2 Å². The first-order valence-corrected chi connectivity index (χ1v) is 11.6. The number of amides is 3. The summed E-state index contributed by atoms with van der Waals surface area (Å²) in [6, 6.07) is 7.30. The van der Waals surface area contributed by atoms with Gasteiger partial charge in [-0.2, -0.15) is 0 Å². The molecule has 1 N–H and O–H groups in total. The fraction of sp³-hybridized carbons (Fsp3) is 0.304. The molecule has 2 aromatic carbocycles. The Morgan fingerprint density at radius 1 is 1.03 bits per heavy atom. The van der Waals surface area contributed by atoms with Gasteiger partial charge in [0.15, 0.2) is 6.29 Å². The van der Waals surface area contributed by atoms with Crippen molar-refractivity contribution in [2.24, 2.45) is 11.8 Å². The highest BCUT2D eigenvalue weighted by Crippen LogP contribution is 2.62. The molecular weight excluding hydrogens is 489 g/mol. The maximum atomic E-state index is 13.9. The monoisotopic (exact) mass is 503 g/mol. The van der Waals surface area contributed by atoms with E-state index in [0.717, 1.165) is 11.3 Å². The zero-order valence-electron chi connectivity index (χ0n) is 17.0. The van der Waals surface area contributed by atoms with E-state index < -0.39 is 29.2 Å². The Morgan fingerprint density at radius 2 is 1.76 bits per heavy atom. The molecular formula is C23H16Cl3N3O4. The average molecular weight is 505 g/mol. The predicted octanol–water partition coefficient (Wildman–Crippen LogP) is 3.89. The minimum Gasteiger partial charge on any atom is -0.323 e. The highest BCUT2D eigenvalue weighted by Gasteiger charge is 2.75. The lowest BCUT2D eigenvalue weighted by atomic mass is 9.75. The Hall–Kier alpha value is -2.45. The van der Waals surface area contributed by atoms with Gasteiger partial charge in [0.2, 0.25) is 11.8 Å². The SMILES string of the molecule is O=Cc1ccc(Cl)c2c1NC(=O)C21C2C(=O)N(c3cc(Cl)cc(Cl)c3)C(=O)C2C2CCCN21. The van der Waals surface area contributed by atoms with Gasteiger partial charge < -0.3 is 5.32 Å². The molecule has 6 rings (SSSR count). The van der Waals surface area contributed by atoms with Gasteiger partial charge in [-0.25, -0.2) is 4.90 Å². The molecule has 4 aliphatic heterocycles. The third-order valence-corrected chi connectivity index (χ3v) is 8.10. The highest BCUT2D eigenvalue weighted by molar-refractivity contribution is 6.36. The molecule has 0 saturated carbocycles. The van der Waals surface area contributed by atoms with Gasteiger partial charge in [-0.3, -0.25) is 24.1 Å². The zero-order chi connectivity index (χ0) is 23.2. The summed E-state index contributed by atoms with van der Waals surface area (Å²) < 4.78 is 0. The van der Waals surface area contributed by atoms with Gasteiger partial charge in [-0.15, -0.1) is 0 Å². The van der Waals surface area contributed by atoms with Crippen LogP contribution in [-0.2, 0) is 19.9 Å². The molecule has 4 atom stereocenters. The van der Waals surface area contributed by atoms with Crippen LogP contribution < -0.4 is 10.2 Å². The number of halogens is 3. The van der Waals surface area contributed by atoms with E-state index in [1.807, 2.05) is 4.90 Å². The van der Waals surface area contributed by atoms with E-state index in [-0.39, 0.29) is 38.3 Å². The van der Waals surface area contributed by atoms with Gasteiger partial charge in [0.25, 0.3) is 5.91 Å². The molecule has 0 aromatic heterocycles. The molecule has 3 fully saturated rings. The number of carbonyl (C=O) groups excluding carboxylic acids is 4. The predicted molar refractivity (Wildman–Crippen MR) is 123 cm³/mol. The Morgan fingerprint density at radius 3 is 2.45 bits per heavy atom. The number of benzene rings is 2. The Bertz CT molecular complexity index is 1280. The van der Waals surface area contributed by atoms with Crippen molar-refractivity contribution in [2.75, 3.05) is 16.8 Å². The second kappa shape index (κ2) is 7.03. The molecule has 168 valence electrons. The molecule has 3 amide bonds. The van der Waals surface area contributed by atoms with Crippen LogP contribution in [-0.4, -0.2) is 41.5 Å². The van der Waals surface area contributed by atoms with Gasteiger partial charge in [0.1, 0.15) is 5.54 Å². The molecule has 0 aliphatic carbocycles. The molecule has 0 bridgehead atoms. The van der Waals surface area contributed by atoms with Crippen molar-refractivity contribution in [3.05, 3.63) is 56.5 Å². The smallest absolute Gasteiger partial charge is 0.250 e. The van der Waals surface area contributed by atoms with Crippen LogP contribution in [0.2, 0.25) is 15.1 Å². The standard InChI is InChI=1S/C23H16Cl3N3O4/c24-11-6-12(25)8-13(7-11)29-20(31)16-15-2-1-5-28(15)23(18(16)21(29)32)17-14(26)4-3-10(9-30)19(17)27-22(23)33/h3-4,6-9,15-16,18H,1-2,5H2,(H,27,33). The van der Waals surface area contributed by atoms with E-state index in [1.54, 1.807) is 6.07 Å². The number of anilines is 2. The number of carbonyl (C=O) groups is 4. The average Bonchev–Trinajstić information content (AvgIpc) is 3.46. The summed E-state index contributed by atoms with van der Waals surface area (Å²) in [4.78, 5) is 56.1.